The van der Waals surface area contributed by atoms with Crippen LogP contribution in [0.5, 0.6) is 5.75 Å². The number of nitrogen functional groups attached to an aromatic ring is 1. The van der Waals surface area contributed by atoms with Gasteiger partial charge in [-0.05, 0) is 32.5 Å². The molecule has 0 aromatic heterocycles. The Morgan fingerprint density at radius 2 is 2.17 bits per heavy atom. The van der Waals surface area contributed by atoms with Crippen molar-refractivity contribution in [2.24, 2.45) is 5.92 Å². The molecule has 1 rings (SSSR count). The smallest absolute Gasteiger partial charge is 0.142 e. The Bertz CT molecular complexity index is 400. The lowest BCUT2D eigenvalue weighted by molar-refractivity contribution is 0.254. The first kappa shape index (κ1) is 14.3. The van der Waals surface area contributed by atoms with Gasteiger partial charge in [-0.25, -0.2) is 0 Å². The highest BCUT2D eigenvalue weighted by Crippen LogP contribution is 2.19. The monoisotopic (exact) mass is 247 g/mol. The Hall–Kier alpha value is -1.73. The third-order valence-corrected chi connectivity index (χ3v) is 2.67. The van der Waals surface area contributed by atoms with Gasteiger partial charge in [0.2, 0.25) is 0 Å². The zero-order chi connectivity index (χ0) is 13.4. The van der Waals surface area contributed by atoms with E-state index >= 15 is 0 Å². The second-order valence-corrected chi connectivity index (χ2v) is 4.53. The second-order valence-electron chi connectivity index (χ2n) is 4.53. The Balaban J connectivity index is 2.19. The fraction of sp³-hybridized carbons (Fsp3) is 0.500. The maximum absolute atomic E-state index is 8.72. The van der Waals surface area contributed by atoms with Crippen LogP contribution in [0, 0.1) is 17.2 Å². The summed E-state index contributed by atoms with van der Waals surface area (Å²) in [5.74, 6) is 0.811. The first-order valence-corrected chi connectivity index (χ1v) is 6.19. The zero-order valence-corrected chi connectivity index (χ0v) is 11.1. The maximum atomic E-state index is 8.72. The van der Waals surface area contributed by atoms with Gasteiger partial charge in [0, 0.05) is 13.1 Å². The molecule has 0 radical (unpaired) electrons. The fourth-order valence-corrected chi connectivity index (χ4v) is 1.73. The lowest BCUT2D eigenvalue weighted by Crippen LogP contribution is -2.26. The topological polar surface area (TPSA) is 62.3 Å². The number of nitrogens with zero attached hydrogens (tertiary/aromatic N) is 2. The van der Waals surface area contributed by atoms with Gasteiger partial charge in [-0.3, -0.25) is 0 Å². The Morgan fingerprint density at radius 1 is 1.44 bits per heavy atom. The van der Waals surface area contributed by atoms with E-state index in [1.807, 2.05) is 38.2 Å². The third kappa shape index (κ3) is 5.07. The minimum absolute atomic E-state index is 0.0701. The Morgan fingerprint density at radius 3 is 2.83 bits per heavy atom. The third-order valence-electron chi connectivity index (χ3n) is 2.67. The van der Waals surface area contributed by atoms with Crippen LogP contribution in [0.3, 0.4) is 0 Å². The molecule has 0 aliphatic carbocycles. The molecule has 0 amide bonds. The second kappa shape index (κ2) is 7.57. The van der Waals surface area contributed by atoms with Crippen LogP contribution in [0.2, 0.25) is 0 Å². The van der Waals surface area contributed by atoms with Crippen LogP contribution in [-0.4, -0.2) is 31.6 Å². The van der Waals surface area contributed by atoms with E-state index in [0.29, 0.717) is 12.3 Å². The largest absolute Gasteiger partial charge is 0.491 e. The molecule has 0 saturated heterocycles. The van der Waals surface area contributed by atoms with Crippen LogP contribution in [-0.2, 0) is 0 Å². The average Bonchev–Trinajstić information content (AvgIpc) is 2.36. The van der Waals surface area contributed by atoms with Crippen molar-refractivity contribution in [1.82, 2.24) is 4.90 Å². The SMILES string of the molecule is CC(C#N)CN(C)CCCOc1ccccc1N. The summed E-state index contributed by atoms with van der Waals surface area (Å²) in [4.78, 5) is 2.14. The van der Waals surface area contributed by atoms with Gasteiger partial charge in [-0.1, -0.05) is 12.1 Å². The first-order chi connectivity index (χ1) is 8.63. The number of para-hydroxylation sites is 2. The van der Waals surface area contributed by atoms with E-state index in [0.717, 1.165) is 25.3 Å². The van der Waals surface area contributed by atoms with Crippen molar-refractivity contribution in [2.45, 2.75) is 13.3 Å². The van der Waals surface area contributed by atoms with E-state index in [1.165, 1.54) is 0 Å². The molecule has 0 bridgehead atoms. The number of benzene rings is 1. The predicted molar refractivity (Wildman–Crippen MR) is 73.2 cm³/mol. The molecule has 4 heteroatoms. The van der Waals surface area contributed by atoms with Crippen molar-refractivity contribution in [2.75, 3.05) is 32.5 Å². The molecule has 0 saturated carbocycles. The van der Waals surface area contributed by atoms with E-state index in [1.54, 1.807) is 0 Å². The summed E-state index contributed by atoms with van der Waals surface area (Å²) in [7, 11) is 2.02. The Labute approximate surface area is 109 Å². The summed E-state index contributed by atoms with van der Waals surface area (Å²) < 4.78 is 5.60. The number of ether oxygens (including phenoxy) is 1. The average molecular weight is 247 g/mol. The molecule has 0 aliphatic rings. The number of hydrogen-bond donors (Lipinski definition) is 1. The molecule has 1 unspecified atom stereocenters. The molecule has 1 aromatic rings. The standard InChI is InChI=1S/C14H21N3O/c1-12(10-15)11-17(2)8-5-9-18-14-7-4-3-6-13(14)16/h3-4,6-7,12H,5,8-9,11,16H2,1-2H3. The van der Waals surface area contributed by atoms with Crippen molar-refractivity contribution in [3.05, 3.63) is 24.3 Å². The van der Waals surface area contributed by atoms with Gasteiger partial charge >= 0.3 is 0 Å². The lowest BCUT2D eigenvalue weighted by atomic mass is 10.2. The van der Waals surface area contributed by atoms with E-state index in [9.17, 15) is 0 Å². The highest BCUT2D eigenvalue weighted by molar-refractivity contribution is 5.51. The molecule has 18 heavy (non-hydrogen) atoms. The van der Waals surface area contributed by atoms with E-state index in [4.69, 9.17) is 15.7 Å². The molecule has 0 heterocycles. The van der Waals surface area contributed by atoms with E-state index in [-0.39, 0.29) is 5.92 Å². The van der Waals surface area contributed by atoms with Gasteiger partial charge in [-0.2, -0.15) is 5.26 Å². The van der Waals surface area contributed by atoms with Crippen molar-refractivity contribution in [1.29, 1.82) is 5.26 Å². The van der Waals surface area contributed by atoms with Gasteiger partial charge in [0.15, 0.2) is 0 Å². The van der Waals surface area contributed by atoms with Crippen LogP contribution in [0.4, 0.5) is 5.69 Å². The summed E-state index contributed by atoms with van der Waals surface area (Å²) >= 11 is 0. The molecule has 4 nitrogen and oxygen atoms in total. The first-order valence-electron chi connectivity index (χ1n) is 6.19. The van der Waals surface area contributed by atoms with Gasteiger partial charge in [0.25, 0.3) is 0 Å². The molecule has 0 spiro atoms. The number of nitrogens with two attached hydrogens (primary N) is 1. The number of nitriles is 1. The summed E-state index contributed by atoms with van der Waals surface area (Å²) in [6, 6.07) is 9.73. The Kier molecular flexibility index (Phi) is 6.03. The van der Waals surface area contributed by atoms with E-state index < -0.39 is 0 Å². The van der Waals surface area contributed by atoms with Crippen molar-refractivity contribution in [3.8, 4) is 11.8 Å². The van der Waals surface area contributed by atoms with Crippen molar-refractivity contribution >= 4 is 5.69 Å². The summed E-state index contributed by atoms with van der Waals surface area (Å²) in [6.07, 6.45) is 0.920. The highest BCUT2D eigenvalue weighted by Gasteiger charge is 2.05. The molecule has 1 aromatic carbocycles. The van der Waals surface area contributed by atoms with Crippen LogP contribution >= 0.6 is 0 Å². The summed E-state index contributed by atoms with van der Waals surface area (Å²) in [5, 5.41) is 8.72. The molecule has 98 valence electrons. The van der Waals surface area contributed by atoms with Crippen LogP contribution in [0.15, 0.2) is 24.3 Å². The van der Waals surface area contributed by atoms with Gasteiger partial charge < -0.3 is 15.4 Å². The fourth-order valence-electron chi connectivity index (χ4n) is 1.73. The summed E-state index contributed by atoms with van der Waals surface area (Å²) in [5.41, 5.74) is 6.45. The maximum Gasteiger partial charge on any atom is 0.142 e. The van der Waals surface area contributed by atoms with Crippen LogP contribution in [0.25, 0.3) is 0 Å². The minimum atomic E-state index is 0.0701. The number of anilines is 1. The van der Waals surface area contributed by atoms with Gasteiger partial charge in [0.1, 0.15) is 5.75 Å². The number of rotatable bonds is 7. The van der Waals surface area contributed by atoms with Crippen LogP contribution in [0.1, 0.15) is 13.3 Å². The molecular weight excluding hydrogens is 226 g/mol. The predicted octanol–water partition coefficient (Wildman–Crippen LogP) is 2.13. The van der Waals surface area contributed by atoms with Crippen molar-refractivity contribution < 1.29 is 4.74 Å². The lowest BCUT2D eigenvalue weighted by Gasteiger charge is -2.17. The normalized spacial score (nSPS) is 12.1. The summed E-state index contributed by atoms with van der Waals surface area (Å²) in [6.45, 7) is 4.28. The minimum Gasteiger partial charge on any atom is -0.491 e. The molecular formula is C14H21N3O. The van der Waals surface area contributed by atoms with Gasteiger partial charge in [0.05, 0.1) is 24.3 Å². The highest BCUT2D eigenvalue weighted by atomic mass is 16.5. The quantitative estimate of drug-likeness (QED) is 0.592. The molecule has 0 aliphatic heterocycles. The molecule has 1 atom stereocenters. The van der Waals surface area contributed by atoms with Crippen molar-refractivity contribution in [3.63, 3.8) is 0 Å². The molecule has 0 fully saturated rings. The number of hydrogen-bond acceptors (Lipinski definition) is 4. The van der Waals surface area contributed by atoms with Gasteiger partial charge in [-0.15, -0.1) is 0 Å². The van der Waals surface area contributed by atoms with E-state index in [2.05, 4.69) is 11.0 Å². The van der Waals surface area contributed by atoms with Crippen LogP contribution < -0.4 is 10.5 Å². The zero-order valence-electron chi connectivity index (χ0n) is 11.1. The molecule has 2 N–H and O–H groups in total.